The number of rotatable bonds is 6. The zero-order valence-corrected chi connectivity index (χ0v) is 17.6. The molecule has 1 aromatic heterocycles. The number of aryl methyl sites for hydroxylation is 1. The first kappa shape index (κ1) is 19.6. The number of nitrogens with one attached hydrogen (secondary N) is 1. The molecule has 8 heteroatoms. The Morgan fingerprint density at radius 2 is 1.85 bits per heavy atom. The molecule has 0 fully saturated rings. The van der Waals surface area contributed by atoms with Crippen LogP contribution in [-0.4, -0.2) is 25.3 Å². The van der Waals surface area contributed by atoms with Crippen LogP contribution in [-0.2, 0) is 16.6 Å². The molecule has 27 heavy (non-hydrogen) atoms. The molecule has 0 saturated heterocycles. The van der Waals surface area contributed by atoms with Crippen LogP contribution in [0, 0.1) is 13.8 Å². The maximum Gasteiger partial charge on any atom is 0.240 e. The second-order valence-corrected chi connectivity index (χ2v) is 8.64. The Balaban J connectivity index is 1.84. The van der Waals surface area contributed by atoms with E-state index in [9.17, 15) is 8.42 Å². The molecule has 0 atom stereocenters. The summed E-state index contributed by atoms with van der Waals surface area (Å²) < 4.78 is 35.5. The van der Waals surface area contributed by atoms with Gasteiger partial charge in [0, 0.05) is 17.8 Å². The van der Waals surface area contributed by atoms with E-state index < -0.39 is 10.0 Å². The molecule has 0 unspecified atom stereocenters. The number of ether oxygens (including phenoxy) is 1. The molecule has 0 aliphatic rings. The Morgan fingerprint density at radius 1 is 1.15 bits per heavy atom. The van der Waals surface area contributed by atoms with Crippen LogP contribution in [0.4, 0.5) is 0 Å². The lowest BCUT2D eigenvalue weighted by atomic mass is 10.2. The van der Waals surface area contributed by atoms with Crippen LogP contribution >= 0.6 is 15.9 Å². The van der Waals surface area contributed by atoms with Gasteiger partial charge in [0.25, 0.3) is 0 Å². The van der Waals surface area contributed by atoms with E-state index in [-0.39, 0.29) is 11.4 Å². The number of benzene rings is 2. The first-order valence-corrected chi connectivity index (χ1v) is 10.5. The molecule has 0 radical (unpaired) electrons. The van der Waals surface area contributed by atoms with E-state index in [1.807, 2.05) is 48.9 Å². The van der Waals surface area contributed by atoms with Crippen LogP contribution in [0.5, 0.6) is 5.75 Å². The van der Waals surface area contributed by atoms with E-state index in [0.29, 0.717) is 10.2 Å². The molecule has 3 rings (SSSR count). The molecule has 1 heterocycles. The zero-order chi connectivity index (χ0) is 19.6. The lowest BCUT2D eigenvalue weighted by Gasteiger charge is -2.10. The van der Waals surface area contributed by atoms with Crippen molar-refractivity contribution >= 4 is 26.0 Å². The van der Waals surface area contributed by atoms with Gasteiger partial charge in [0.15, 0.2) is 0 Å². The third kappa shape index (κ3) is 4.07. The van der Waals surface area contributed by atoms with Gasteiger partial charge in [0.05, 0.1) is 27.9 Å². The average Bonchev–Trinajstić information content (AvgIpc) is 2.94. The number of halogens is 1. The van der Waals surface area contributed by atoms with Crippen molar-refractivity contribution in [2.75, 3.05) is 7.11 Å². The Morgan fingerprint density at radius 3 is 2.48 bits per heavy atom. The fourth-order valence-electron chi connectivity index (χ4n) is 2.82. The van der Waals surface area contributed by atoms with Gasteiger partial charge in [0.1, 0.15) is 5.75 Å². The molecule has 0 amide bonds. The second kappa shape index (κ2) is 7.84. The maximum absolute atomic E-state index is 12.7. The Labute approximate surface area is 167 Å². The average molecular weight is 450 g/mol. The molecule has 2 aromatic carbocycles. The highest BCUT2D eigenvalue weighted by molar-refractivity contribution is 9.10. The minimum Gasteiger partial charge on any atom is -0.496 e. The Hall–Kier alpha value is -2.16. The van der Waals surface area contributed by atoms with E-state index in [4.69, 9.17) is 4.74 Å². The highest BCUT2D eigenvalue weighted by Crippen LogP contribution is 2.27. The van der Waals surface area contributed by atoms with Gasteiger partial charge in [-0.05, 0) is 60.1 Å². The molecule has 6 nitrogen and oxygen atoms in total. The number of nitrogens with zero attached hydrogens (tertiary/aromatic N) is 2. The van der Waals surface area contributed by atoms with Crippen molar-refractivity contribution in [2.24, 2.45) is 0 Å². The van der Waals surface area contributed by atoms with Crippen molar-refractivity contribution in [2.45, 2.75) is 25.3 Å². The highest BCUT2D eigenvalue weighted by atomic mass is 79.9. The van der Waals surface area contributed by atoms with Gasteiger partial charge in [0.2, 0.25) is 10.0 Å². The van der Waals surface area contributed by atoms with E-state index in [1.165, 1.54) is 19.2 Å². The normalized spacial score (nSPS) is 11.6. The van der Waals surface area contributed by atoms with Crippen molar-refractivity contribution in [1.29, 1.82) is 0 Å². The molecule has 0 spiro atoms. The summed E-state index contributed by atoms with van der Waals surface area (Å²) in [5, 5.41) is 4.55. The SMILES string of the molecule is COc1ccc(S(=O)(=O)NCc2c(C)nn(-c3ccccc3)c2C)cc1Br. The number of hydrogen-bond acceptors (Lipinski definition) is 4. The third-order valence-corrected chi connectivity index (χ3v) is 6.33. The molecule has 3 aromatic rings. The highest BCUT2D eigenvalue weighted by Gasteiger charge is 2.19. The fourth-order valence-corrected chi connectivity index (χ4v) is 4.53. The number of aromatic nitrogens is 2. The van der Waals surface area contributed by atoms with Crippen LogP contribution < -0.4 is 9.46 Å². The van der Waals surface area contributed by atoms with E-state index in [0.717, 1.165) is 22.6 Å². The predicted molar refractivity (Wildman–Crippen MR) is 108 cm³/mol. The zero-order valence-electron chi connectivity index (χ0n) is 15.2. The van der Waals surface area contributed by atoms with Gasteiger partial charge in [-0.25, -0.2) is 17.8 Å². The summed E-state index contributed by atoms with van der Waals surface area (Å²) in [6.07, 6.45) is 0. The lowest BCUT2D eigenvalue weighted by Crippen LogP contribution is -2.23. The van der Waals surface area contributed by atoms with E-state index >= 15 is 0 Å². The van der Waals surface area contributed by atoms with Gasteiger partial charge in [-0.2, -0.15) is 5.10 Å². The summed E-state index contributed by atoms with van der Waals surface area (Å²) in [4.78, 5) is 0.168. The molecule has 0 bridgehead atoms. The minimum absolute atomic E-state index is 0.163. The van der Waals surface area contributed by atoms with E-state index in [1.54, 1.807) is 6.07 Å². The largest absolute Gasteiger partial charge is 0.496 e. The molecule has 1 N–H and O–H groups in total. The summed E-state index contributed by atoms with van der Waals surface area (Å²) in [6.45, 7) is 3.97. The number of hydrogen-bond donors (Lipinski definition) is 1. The van der Waals surface area contributed by atoms with Crippen LogP contribution in [0.2, 0.25) is 0 Å². The van der Waals surface area contributed by atoms with Crippen LogP contribution in [0.1, 0.15) is 17.0 Å². The summed E-state index contributed by atoms with van der Waals surface area (Å²) in [7, 11) is -2.14. The summed E-state index contributed by atoms with van der Waals surface area (Å²) in [5.41, 5.74) is 3.48. The molecule has 0 aliphatic carbocycles. The van der Waals surface area contributed by atoms with Gasteiger partial charge < -0.3 is 4.74 Å². The summed E-state index contributed by atoms with van der Waals surface area (Å²) in [5.74, 6) is 0.574. The van der Waals surface area contributed by atoms with Crippen LogP contribution in [0.3, 0.4) is 0 Å². The fraction of sp³-hybridized carbons (Fsp3) is 0.211. The van der Waals surface area contributed by atoms with Crippen molar-refractivity contribution < 1.29 is 13.2 Å². The number of sulfonamides is 1. The minimum atomic E-state index is -3.67. The van der Waals surface area contributed by atoms with Crippen molar-refractivity contribution in [3.05, 3.63) is 70.0 Å². The lowest BCUT2D eigenvalue weighted by molar-refractivity contribution is 0.411. The van der Waals surface area contributed by atoms with Gasteiger partial charge in [-0.15, -0.1) is 0 Å². The van der Waals surface area contributed by atoms with E-state index in [2.05, 4.69) is 25.8 Å². The molecular weight excluding hydrogens is 430 g/mol. The quantitative estimate of drug-likeness (QED) is 0.621. The summed E-state index contributed by atoms with van der Waals surface area (Å²) in [6, 6.07) is 14.4. The third-order valence-electron chi connectivity index (χ3n) is 4.31. The maximum atomic E-state index is 12.7. The molecule has 0 aliphatic heterocycles. The topological polar surface area (TPSA) is 73.2 Å². The van der Waals surface area contributed by atoms with Crippen molar-refractivity contribution in [3.8, 4) is 11.4 Å². The van der Waals surface area contributed by atoms with Gasteiger partial charge in [-0.1, -0.05) is 18.2 Å². The molecule has 0 saturated carbocycles. The first-order chi connectivity index (χ1) is 12.8. The number of methoxy groups -OCH3 is 1. The second-order valence-electron chi connectivity index (χ2n) is 6.02. The summed E-state index contributed by atoms with van der Waals surface area (Å²) >= 11 is 3.32. The first-order valence-electron chi connectivity index (χ1n) is 8.27. The van der Waals surface area contributed by atoms with Crippen molar-refractivity contribution in [3.63, 3.8) is 0 Å². The van der Waals surface area contributed by atoms with Crippen molar-refractivity contribution in [1.82, 2.24) is 14.5 Å². The molecule has 142 valence electrons. The van der Waals surface area contributed by atoms with Gasteiger partial charge >= 0.3 is 0 Å². The predicted octanol–water partition coefficient (Wildman–Crippen LogP) is 3.74. The van der Waals surface area contributed by atoms with Crippen LogP contribution in [0.15, 0.2) is 57.9 Å². The smallest absolute Gasteiger partial charge is 0.240 e. The molecular formula is C19H20BrN3O3S. The standard InChI is InChI=1S/C19H20BrN3O3S/c1-13-17(14(2)23(22-13)15-7-5-4-6-8-15)12-21-27(24,25)16-9-10-19(26-3)18(20)11-16/h4-11,21H,12H2,1-3H3. The van der Waals surface area contributed by atoms with Crippen LogP contribution in [0.25, 0.3) is 5.69 Å². The van der Waals surface area contributed by atoms with Gasteiger partial charge in [-0.3, -0.25) is 0 Å². The Bertz CT molecular complexity index is 1060. The monoisotopic (exact) mass is 449 g/mol. The number of para-hydroxylation sites is 1. The Kier molecular flexibility index (Phi) is 5.69.